The van der Waals surface area contributed by atoms with E-state index in [0.717, 1.165) is 28.6 Å². The van der Waals surface area contributed by atoms with E-state index in [2.05, 4.69) is 15.3 Å². The summed E-state index contributed by atoms with van der Waals surface area (Å²) in [4.78, 5) is 25.3. The molecule has 0 saturated carbocycles. The average Bonchev–Trinajstić information content (AvgIpc) is 2.32. The van der Waals surface area contributed by atoms with Crippen LogP contribution in [0.1, 0.15) is 12.8 Å². The molecular weight excluding hydrogens is 234 g/mol. The summed E-state index contributed by atoms with van der Waals surface area (Å²) < 4.78 is 2.21. The minimum atomic E-state index is -0.418. The first-order valence-corrected chi connectivity index (χ1v) is 5.96. The summed E-state index contributed by atoms with van der Waals surface area (Å²) in [6.45, 7) is 1.69. The van der Waals surface area contributed by atoms with Gasteiger partial charge in [0.05, 0.1) is 0 Å². The van der Waals surface area contributed by atoms with Gasteiger partial charge >= 0.3 is 5.69 Å². The summed E-state index contributed by atoms with van der Waals surface area (Å²) in [6, 6.07) is 0. The van der Waals surface area contributed by atoms with Gasteiger partial charge in [-0.25, -0.2) is 9.48 Å². The molecule has 0 aliphatic heterocycles. The van der Waals surface area contributed by atoms with Crippen LogP contribution in [0.15, 0.2) is 9.59 Å². The standard InChI is InChI=1S/C11H21N5O2/c1-14(2)8-6-5-7-12-9-10(17)15(3)11(18)16(4)13-9/h5-8H2,1-4H3,(H,12,13). The lowest BCUT2D eigenvalue weighted by Gasteiger charge is -2.10. The van der Waals surface area contributed by atoms with Gasteiger partial charge in [0.15, 0.2) is 0 Å². The SMILES string of the molecule is CN(C)CCCCNc1nn(C)c(=O)n(C)c1=O. The Hall–Kier alpha value is -1.63. The van der Waals surface area contributed by atoms with E-state index in [1.807, 2.05) is 14.1 Å². The fourth-order valence-electron chi connectivity index (χ4n) is 1.57. The van der Waals surface area contributed by atoms with Crippen molar-refractivity contribution in [2.24, 2.45) is 14.1 Å². The summed E-state index contributed by atoms with van der Waals surface area (Å²) >= 11 is 0. The Morgan fingerprint density at radius 3 is 2.50 bits per heavy atom. The van der Waals surface area contributed by atoms with Crippen molar-refractivity contribution in [2.75, 3.05) is 32.5 Å². The van der Waals surface area contributed by atoms with Crippen molar-refractivity contribution in [1.29, 1.82) is 0 Å². The Balaban J connectivity index is 2.59. The van der Waals surface area contributed by atoms with E-state index in [9.17, 15) is 9.59 Å². The van der Waals surface area contributed by atoms with Crippen LogP contribution < -0.4 is 16.6 Å². The summed E-state index contributed by atoms with van der Waals surface area (Å²) in [5, 5.41) is 6.89. The lowest BCUT2D eigenvalue weighted by atomic mass is 10.3. The highest BCUT2D eigenvalue weighted by Crippen LogP contribution is 1.94. The minimum Gasteiger partial charge on any atom is -0.364 e. The molecule has 1 aromatic rings. The number of nitrogens with one attached hydrogen (secondary N) is 1. The number of anilines is 1. The van der Waals surface area contributed by atoms with Gasteiger partial charge < -0.3 is 10.2 Å². The molecule has 7 heteroatoms. The van der Waals surface area contributed by atoms with E-state index in [-0.39, 0.29) is 11.4 Å². The van der Waals surface area contributed by atoms with E-state index in [1.54, 1.807) is 0 Å². The second-order valence-corrected chi connectivity index (χ2v) is 4.56. The lowest BCUT2D eigenvalue weighted by Crippen LogP contribution is -2.40. The maximum absolute atomic E-state index is 11.7. The van der Waals surface area contributed by atoms with Crippen LogP contribution in [0.4, 0.5) is 5.82 Å². The van der Waals surface area contributed by atoms with E-state index < -0.39 is 5.69 Å². The van der Waals surface area contributed by atoms with E-state index in [4.69, 9.17) is 0 Å². The maximum Gasteiger partial charge on any atom is 0.346 e. The molecule has 1 rings (SSSR count). The quantitative estimate of drug-likeness (QED) is 0.676. The predicted octanol–water partition coefficient (Wildman–Crippen LogP) is -0.767. The molecule has 0 aromatic carbocycles. The Morgan fingerprint density at radius 1 is 1.22 bits per heavy atom. The summed E-state index contributed by atoms with van der Waals surface area (Å²) in [5.74, 6) is 0.226. The minimum absolute atomic E-state index is 0.226. The Labute approximate surface area is 106 Å². The zero-order valence-corrected chi connectivity index (χ0v) is 11.4. The largest absolute Gasteiger partial charge is 0.364 e. The van der Waals surface area contributed by atoms with Crippen molar-refractivity contribution in [3.8, 4) is 0 Å². The molecule has 0 radical (unpaired) electrons. The number of nitrogens with zero attached hydrogens (tertiary/aromatic N) is 4. The zero-order chi connectivity index (χ0) is 13.7. The summed E-state index contributed by atoms with van der Waals surface area (Å²) in [6.07, 6.45) is 2.00. The molecule has 7 nitrogen and oxygen atoms in total. The van der Waals surface area contributed by atoms with Gasteiger partial charge in [-0.3, -0.25) is 9.36 Å². The fraction of sp³-hybridized carbons (Fsp3) is 0.727. The van der Waals surface area contributed by atoms with Gasteiger partial charge in [-0.15, -0.1) is 5.10 Å². The van der Waals surface area contributed by atoms with Gasteiger partial charge in [0.25, 0.3) is 5.56 Å². The van der Waals surface area contributed by atoms with Crippen LogP contribution in [0.5, 0.6) is 0 Å². The molecule has 18 heavy (non-hydrogen) atoms. The number of hydrogen-bond donors (Lipinski definition) is 1. The number of hydrogen-bond acceptors (Lipinski definition) is 5. The van der Waals surface area contributed by atoms with Crippen molar-refractivity contribution in [1.82, 2.24) is 19.2 Å². The first-order valence-electron chi connectivity index (χ1n) is 5.96. The van der Waals surface area contributed by atoms with Crippen LogP contribution in [-0.2, 0) is 14.1 Å². The smallest absolute Gasteiger partial charge is 0.346 e. The average molecular weight is 255 g/mol. The van der Waals surface area contributed by atoms with E-state index in [0.29, 0.717) is 6.54 Å². The Bertz CT molecular complexity index is 503. The molecule has 1 aromatic heterocycles. The normalized spacial score (nSPS) is 10.9. The molecule has 0 bridgehead atoms. The van der Waals surface area contributed by atoms with E-state index >= 15 is 0 Å². The predicted molar refractivity (Wildman–Crippen MR) is 71.0 cm³/mol. The van der Waals surface area contributed by atoms with Crippen molar-refractivity contribution in [2.45, 2.75) is 12.8 Å². The molecule has 0 fully saturated rings. The van der Waals surface area contributed by atoms with Gasteiger partial charge in [-0.2, -0.15) is 0 Å². The molecule has 0 saturated heterocycles. The molecule has 0 amide bonds. The van der Waals surface area contributed by atoms with Crippen LogP contribution in [0.3, 0.4) is 0 Å². The van der Waals surface area contributed by atoms with Crippen molar-refractivity contribution < 1.29 is 0 Å². The highest BCUT2D eigenvalue weighted by atomic mass is 16.2. The molecule has 102 valence electrons. The highest BCUT2D eigenvalue weighted by Gasteiger charge is 2.07. The van der Waals surface area contributed by atoms with Crippen LogP contribution in [0, 0.1) is 0 Å². The van der Waals surface area contributed by atoms with Gasteiger partial charge in [-0.05, 0) is 33.5 Å². The summed E-state index contributed by atoms with van der Waals surface area (Å²) in [7, 11) is 7.03. The fourth-order valence-corrected chi connectivity index (χ4v) is 1.57. The monoisotopic (exact) mass is 255 g/mol. The maximum atomic E-state index is 11.7. The highest BCUT2D eigenvalue weighted by molar-refractivity contribution is 5.29. The van der Waals surface area contributed by atoms with Crippen LogP contribution in [0.25, 0.3) is 0 Å². The lowest BCUT2D eigenvalue weighted by molar-refractivity contribution is 0.396. The number of rotatable bonds is 6. The molecule has 0 spiro atoms. The first-order chi connectivity index (χ1) is 8.43. The third-order valence-corrected chi connectivity index (χ3v) is 2.65. The second-order valence-electron chi connectivity index (χ2n) is 4.56. The van der Waals surface area contributed by atoms with Crippen LogP contribution in [0.2, 0.25) is 0 Å². The molecular formula is C11H21N5O2. The zero-order valence-electron chi connectivity index (χ0n) is 11.4. The van der Waals surface area contributed by atoms with Gasteiger partial charge in [0, 0.05) is 20.6 Å². The Morgan fingerprint density at radius 2 is 1.89 bits per heavy atom. The molecule has 0 atom stereocenters. The first kappa shape index (κ1) is 14.4. The molecule has 0 unspecified atom stereocenters. The molecule has 0 aliphatic rings. The number of aryl methyl sites for hydroxylation is 1. The van der Waals surface area contributed by atoms with Crippen LogP contribution in [-0.4, -0.2) is 46.4 Å². The molecule has 1 N–H and O–H groups in total. The van der Waals surface area contributed by atoms with Gasteiger partial charge in [-0.1, -0.05) is 0 Å². The van der Waals surface area contributed by atoms with Gasteiger partial charge in [0.2, 0.25) is 5.82 Å². The van der Waals surface area contributed by atoms with E-state index in [1.165, 1.54) is 14.1 Å². The van der Waals surface area contributed by atoms with Gasteiger partial charge in [0.1, 0.15) is 0 Å². The number of aromatic nitrogens is 3. The molecule has 0 aliphatic carbocycles. The van der Waals surface area contributed by atoms with Crippen molar-refractivity contribution in [3.05, 3.63) is 20.8 Å². The van der Waals surface area contributed by atoms with Crippen molar-refractivity contribution in [3.63, 3.8) is 0 Å². The Kier molecular flexibility index (Phi) is 5.08. The topological polar surface area (TPSA) is 72.2 Å². The molecule has 1 heterocycles. The van der Waals surface area contributed by atoms with Crippen LogP contribution >= 0.6 is 0 Å². The third kappa shape index (κ3) is 3.69. The third-order valence-electron chi connectivity index (χ3n) is 2.65. The van der Waals surface area contributed by atoms with Crippen molar-refractivity contribution >= 4 is 5.82 Å². The summed E-state index contributed by atoms with van der Waals surface area (Å²) in [5.41, 5.74) is -0.802. The second kappa shape index (κ2) is 6.34. The number of unbranched alkanes of at least 4 members (excludes halogenated alkanes) is 1.